The monoisotopic (exact) mass is 319 g/mol. The molecule has 116 valence electrons. The van der Waals surface area contributed by atoms with Gasteiger partial charge in [0.15, 0.2) is 5.82 Å². The summed E-state index contributed by atoms with van der Waals surface area (Å²) in [5.74, 6) is 0.514. The fourth-order valence-electron chi connectivity index (χ4n) is 1.84. The number of nitrogens with one attached hydrogen (secondary N) is 1. The van der Waals surface area contributed by atoms with Crippen molar-refractivity contribution in [2.24, 2.45) is 0 Å². The Bertz CT molecular complexity index is 659. The Morgan fingerprint density at radius 3 is 2.59 bits per heavy atom. The highest BCUT2D eigenvalue weighted by atomic mass is 32.2. The predicted molar refractivity (Wildman–Crippen MR) is 86.2 cm³/mol. The van der Waals surface area contributed by atoms with Gasteiger partial charge in [0.05, 0.1) is 5.75 Å². The van der Waals surface area contributed by atoms with Crippen molar-refractivity contribution in [2.75, 3.05) is 5.75 Å². The van der Waals surface area contributed by atoms with E-state index in [-0.39, 0.29) is 17.8 Å². The lowest BCUT2D eigenvalue weighted by molar-refractivity contribution is -0.119. The minimum Gasteiger partial charge on any atom is -0.353 e. The Morgan fingerprint density at radius 2 is 1.95 bits per heavy atom. The van der Waals surface area contributed by atoms with Crippen molar-refractivity contribution in [1.29, 1.82) is 0 Å². The van der Waals surface area contributed by atoms with Gasteiger partial charge in [-0.15, -0.1) is 0 Å². The topological polar surface area (TPSA) is 54.9 Å². The van der Waals surface area contributed by atoms with Crippen LogP contribution < -0.4 is 5.32 Å². The number of hydrogen-bond donors (Lipinski definition) is 1. The van der Waals surface area contributed by atoms with Crippen LogP contribution in [0.1, 0.15) is 19.5 Å². The van der Waals surface area contributed by atoms with Crippen LogP contribution in [0.2, 0.25) is 0 Å². The van der Waals surface area contributed by atoms with E-state index >= 15 is 0 Å². The zero-order valence-corrected chi connectivity index (χ0v) is 13.6. The number of benzene rings is 1. The molecule has 1 N–H and O–H groups in total. The molecule has 22 heavy (non-hydrogen) atoms. The number of amides is 1. The Kier molecular flexibility index (Phi) is 5.49. The Hall–Kier alpha value is -1.95. The van der Waals surface area contributed by atoms with Crippen molar-refractivity contribution in [2.45, 2.75) is 31.8 Å². The molecule has 6 heteroatoms. The van der Waals surface area contributed by atoms with Crippen LogP contribution >= 0.6 is 11.8 Å². The van der Waals surface area contributed by atoms with Gasteiger partial charge in [-0.2, -0.15) is 0 Å². The normalized spacial score (nSPS) is 10.8. The summed E-state index contributed by atoms with van der Waals surface area (Å²) in [5, 5.41) is 3.56. The zero-order chi connectivity index (χ0) is 16.1. The molecule has 1 heterocycles. The smallest absolute Gasteiger partial charge is 0.230 e. The highest BCUT2D eigenvalue weighted by molar-refractivity contribution is 7.99. The maximum Gasteiger partial charge on any atom is 0.230 e. The summed E-state index contributed by atoms with van der Waals surface area (Å²) in [4.78, 5) is 20.5. The fraction of sp³-hybridized carbons (Fsp3) is 0.312. The molecule has 1 aromatic carbocycles. The summed E-state index contributed by atoms with van der Waals surface area (Å²) >= 11 is 1.36. The van der Waals surface area contributed by atoms with Crippen LogP contribution in [0.15, 0.2) is 35.4 Å². The molecule has 0 bridgehead atoms. The first-order valence-corrected chi connectivity index (χ1v) is 7.96. The third-order valence-corrected chi connectivity index (χ3v) is 3.65. The number of aryl methyl sites for hydroxylation is 1. The van der Waals surface area contributed by atoms with Crippen molar-refractivity contribution in [3.8, 4) is 11.4 Å². The summed E-state index contributed by atoms with van der Waals surface area (Å²) in [7, 11) is 0. The van der Waals surface area contributed by atoms with Crippen LogP contribution in [0.3, 0.4) is 0 Å². The molecular weight excluding hydrogens is 301 g/mol. The zero-order valence-electron chi connectivity index (χ0n) is 12.8. The second-order valence-corrected chi connectivity index (χ2v) is 6.18. The largest absolute Gasteiger partial charge is 0.353 e. The van der Waals surface area contributed by atoms with Crippen molar-refractivity contribution < 1.29 is 9.18 Å². The van der Waals surface area contributed by atoms with E-state index in [1.165, 1.54) is 23.9 Å². The standard InChI is InChI=1S/C16H18FN3OS/c1-10(2)18-14(21)9-22-15-8-11(3)19-16(20-15)12-4-6-13(17)7-5-12/h4-8,10H,9H2,1-3H3,(H,18,21). The van der Waals surface area contributed by atoms with Crippen LogP contribution in [-0.4, -0.2) is 27.7 Å². The van der Waals surface area contributed by atoms with Gasteiger partial charge in [-0.3, -0.25) is 4.79 Å². The van der Waals surface area contributed by atoms with Gasteiger partial charge in [0, 0.05) is 17.3 Å². The fourth-order valence-corrected chi connectivity index (χ4v) is 2.61. The summed E-state index contributed by atoms with van der Waals surface area (Å²) in [6.07, 6.45) is 0. The molecule has 0 saturated carbocycles. The molecule has 1 aromatic heterocycles. The van der Waals surface area contributed by atoms with Gasteiger partial charge in [-0.05, 0) is 51.1 Å². The molecule has 0 aliphatic rings. The van der Waals surface area contributed by atoms with Gasteiger partial charge in [0.1, 0.15) is 10.8 Å². The third-order valence-electron chi connectivity index (χ3n) is 2.73. The van der Waals surface area contributed by atoms with Gasteiger partial charge in [0.2, 0.25) is 5.91 Å². The maximum atomic E-state index is 13.0. The Labute approximate surface area is 133 Å². The Balaban J connectivity index is 2.13. The number of hydrogen-bond acceptors (Lipinski definition) is 4. The lowest BCUT2D eigenvalue weighted by Gasteiger charge is -2.09. The molecule has 1 amide bonds. The molecule has 0 aliphatic heterocycles. The molecule has 0 saturated heterocycles. The molecular formula is C16H18FN3OS. The van der Waals surface area contributed by atoms with Crippen LogP contribution in [0.4, 0.5) is 4.39 Å². The van der Waals surface area contributed by atoms with Gasteiger partial charge >= 0.3 is 0 Å². The first-order valence-electron chi connectivity index (χ1n) is 6.98. The quantitative estimate of drug-likeness (QED) is 0.679. The molecule has 0 radical (unpaired) electrons. The molecule has 0 fully saturated rings. The highest BCUT2D eigenvalue weighted by Crippen LogP contribution is 2.21. The number of thioether (sulfide) groups is 1. The molecule has 0 spiro atoms. The second-order valence-electron chi connectivity index (χ2n) is 5.19. The van der Waals surface area contributed by atoms with Crippen LogP contribution in [0.25, 0.3) is 11.4 Å². The van der Waals surface area contributed by atoms with Gasteiger partial charge < -0.3 is 5.32 Å². The van der Waals surface area contributed by atoms with Crippen LogP contribution in [-0.2, 0) is 4.79 Å². The van der Waals surface area contributed by atoms with Crippen molar-refractivity contribution >= 4 is 17.7 Å². The minimum absolute atomic E-state index is 0.0282. The summed E-state index contributed by atoms with van der Waals surface area (Å²) < 4.78 is 13.0. The van der Waals surface area contributed by atoms with E-state index in [9.17, 15) is 9.18 Å². The van der Waals surface area contributed by atoms with Crippen molar-refractivity contribution in [3.05, 3.63) is 41.8 Å². The molecule has 0 unspecified atom stereocenters. The van der Waals surface area contributed by atoms with Crippen molar-refractivity contribution in [3.63, 3.8) is 0 Å². The van der Waals surface area contributed by atoms with E-state index in [2.05, 4.69) is 15.3 Å². The number of rotatable bonds is 5. The molecule has 4 nitrogen and oxygen atoms in total. The Morgan fingerprint density at radius 1 is 1.27 bits per heavy atom. The number of carbonyl (C=O) groups excluding carboxylic acids is 1. The van der Waals surface area contributed by atoms with E-state index in [0.717, 1.165) is 16.3 Å². The molecule has 0 aliphatic carbocycles. The summed E-state index contributed by atoms with van der Waals surface area (Å²) in [6, 6.07) is 8.00. The van der Waals surface area contributed by atoms with Crippen LogP contribution in [0.5, 0.6) is 0 Å². The first-order chi connectivity index (χ1) is 10.4. The highest BCUT2D eigenvalue weighted by Gasteiger charge is 2.09. The van der Waals surface area contributed by atoms with E-state index < -0.39 is 0 Å². The maximum absolute atomic E-state index is 13.0. The van der Waals surface area contributed by atoms with E-state index in [1.807, 2.05) is 26.8 Å². The molecule has 2 aromatic rings. The lowest BCUT2D eigenvalue weighted by atomic mass is 10.2. The average molecular weight is 319 g/mol. The molecule has 0 atom stereocenters. The second kappa shape index (κ2) is 7.35. The lowest BCUT2D eigenvalue weighted by Crippen LogP contribution is -2.31. The van der Waals surface area contributed by atoms with Gasteiger partial charge in [-0.25, -0.2) is 14.4 Å². The number of carbonyl (C=O) groups is 1. The van der Waals surface area contributed by atoms with Gasteiger partial charge in [0.25, 0.3) is 0 Å². The number of aromatic nitrogens is 2. The van der Waals surface area contributed by atoms with Crippen LogP contribution in [0, 0.1) is 12.7 Å². The first kappa shape index (κ1) is 16.4. The predicted octanol–water partition coefficient (Wildman–Crippen LogP) is 3.21. The van der Waals surface area contributed by atoms with E-state index in [0.29, 0.717) is 11.6 Å². The average Bonchev–Trinajstić information content (AvgIpc) is 2.44. The summed E-state index contributed by atoms with van der Waals surface area (Å²) in [5.41, 5.74) is 1.56. The molecule has 2 rings (SSSR count). The summed E-state index contributed by atoms with van der Waals surface area (Å²) in [6.45, 7) is 5.71. The van der Waals surface area contributed by atoms with Crippen molar-refractivity contribution in [1.82, 2.24) is 15.3 Å². The van der Waals surface area contributed by atoms with Gasteiger partial charge in [-0.1, -0.05) is 11.8 Å². The SMILES string of the molecule is Cc1cc(SCC(=O)NC(C)C)nc(-c2ccc(F)cc2)n1. The number of nitrogens with zero attached hydrogens (tertiary/aromatic N) is 2. The number of halogens is 1. The van der Waals surface area contributed by atoms with E-state index in [4.69, 9.17) is 0 Å². The minimum atomic E-state index is -0.295. The third kappa shape index (κ3) is 4.80. The van der Waals surface area contributed by atoms with E-state index in [1.54, 1.807) is 12.1 Å².